The monoisotopic (exact) mass is 428 g/mol. The predicted molar refractivity (Wildman–Crippen MR) is 114 cm³/mol. The standard InChI is InChI=1S/C19H24N4OS.2ClH/c20-14-8-12-4-3-5-13(9-14)18(12)23-17(24)10-15-11-25-19(22-15)16-6-1-2-7-21-16;;/h1-2,6-7,11-14,18H,3-5,8-10,20H2,(H,23,24);2*1H. The number of aromatic nitrogens is 2. The van der Waals surface area contributed by atoms with Gasteiger partial charge in [-0.3, -0.25) is 9.78 Å². The van der Waals surface area contributed by atoms with E-state index in [0.29, 0.717) is 30.3 Å². The van der Waals surface area contributed by atoms with Crippen molar-refractivity contribution in [2.45, 2.75) is 50.6 Å². The van der Waals surface area contributed by atoms with Crippen LogP contribution in [-0.4, -0.2) is 28.0 Å². The molecule has 0 spiro atoms. The minimum Gasteiger partial charge on any atom is -0.352 e. The lowest BCUT2D eigenvalue weighted by Gasteiger charge is -2.45. The van der Waals surface area contributed by atoms with Crippen molar-refractivity contribution < 1.29 is 4.79 Å². The molecule has 2 saturated carbocycles. The van der Waals surface area contributed by atoms with Gasteiger partial charge in [-0.15, -0.1) is 36.2 Å². The molecular weight excluding hydrogens is 403 g/mol. The highest BCUT2D eigenvalue weighted by atomic mass is 35.5. The quantitative estimate of drug-likeness (QED) is 0.778. The van der Waals surface area contributed by atoms with Crippen molar-refractivity contribution in [1.29, 1.82) is 0 Å². The van der Waals surface area contributed by atoms with E-state index in [1.165, 1.54) is 30.6 Å². The molecule has 148 valence electrons. The minimum absolute atomic E-state index is 0. The molecule has 2 aliphatic rings. The molecule has 2 aliphatic carbocycles. The summed E-state index contributed by atoms with van der Waals surface area (Å²) in [6.07, 6.45) is 7.84. The third-order valence-corrected chi connectivity index (χ3v) is 6.40. The second-order valence-corrected chi connectivity index (χ2v) is 8.17. The van der Waals surface area contributed by atoms with Gasteiger partial charge in [0, 0.05) is 23.7 Å². The Bertz CT molecular complexity index is 728. The smallest absolute Gasteiger partial charge is 0.226 e. The number of thiazole rings is 1. The number of nitrogens with zero attached hydrogens (tertiary/aromatic N) is 2. The van der Waals surface area contributed by atoms with Gasteiger partial charge < -0.3 is 11.1 Å². The average molecular weight is 429 g/mol. The Morgan fingerprint density at radius 2 is 1.96 bits per heavy atom. The maximum Gasteiger partial charge on any atom is 0.226 e. The van der Waals surface area contributed by atoms with E-state index in [0.717, 1.165) is 29.2 Å². The molecule has 3 N–H and O–H groups in total. The van der Waals surface area contributed by atoms with E-state index in [2.05, 4.69) is 15.3 Å². The summed E-state index contributed by atoms with van der Waals surface area (Å²) in [5, 5.41) is 6.12. The van der Waals surface area contributed by atoms with Crippen LogP contribution >= 0.6 is 36.2 Å². The third-order valence-electron chi connectivity index (χ3n) is 5.48. The molecular formula is C19H26Cl2N4OS. The van der Waals surface area contributed by atoms with E-state index in [1.807, 2.05) is 23.6 Å². The molecule has 0 radical (unpaired) electrons. The number of nitrogens with one attached hydrogen (secondary N) is 1. The lowest BCUT2D eigenvalue weighted by atomic mass is 9.67. The van der Waals surface area contributed by atoms with Crippen LogP contribution in [0.3, 0.4) is 0 Å². The summed E-state index contributed by atoms with van der Waals surface area (Å²) >= 11 is 1.54. The molecule has 4 rings (SSSR count). The Kier molecular flexibility index (Phi) is 8.04. The first-order valence-corrected chi connectivity index (χ1v) is 9.98. The van der Waals surface area contributed by atoms with Crippen molar-refractivity contribution in [2.75, 3.05) is 0 Å². The Labute approximate surface area is 176 Å². The number of carbonyl (C=O) groups is 1. The number of rotatable bonds is 4. The molecule has 0 saturated heterocycles. The van der Waals surface area contributed by atoms with E-state index in [4.69, 9.17) is 5.73 Å². The largest absolute Gasteiger partial charge is 0.352 e. The van der Waals surface area contributed by atoms with Crippen LogP contribution in [0.5, 0.6) is 0 Å². The van der Waals surface area contributed by atoms with Crippen molar-refractivity contribution in [2.24, 2.45) is 17.6 Å². The number of amides is 1. The topological polar surface area (TPSA) is 80.9 Å². The predicted octanol–water partition coefficient (Wildman–Crippen LogP) is 3.61. The molecule has 27 heavy (non-hydrogen) atoms. The van der Waals surface area contributed by atoms with Crippen LogP contribution in [0.25, 0.3) is 10.7 Å². The van der Waals surface area contributed by atoms with Crippen molar-refractivity contribution in [1.82, 2.24) is 15.3 Å². The Morgan fingerprint density at radius 1 is 1.22 bits per heavy atom. The van der Waals surface area contributed by atoms with Crippen LogP contribution in [0, 0.1) is 11.8 Å². The average Bonchev–Trinajstić information content (AvgIpc) is 3.05. The Morgan fingerprint density at radius 3 is 2.63 bits per heavy atom. The highest BCUT2D eigenvalue weighted by Crippen LogP contribution is 2.39. The summed E-state index contributed by atoms with van der Waals surface area (Å²) in [5.41, 5.74) is 7.85. The van der Waals surface area contributed by atoms with E-state index in [-0.39, 0.29) is 30.7 Å². The van der Waals surface area contributed by atoms with Gasteiger partial charge in [0.15, 0.2) is 0 Å². The maximum atomic E-state index is 12.5. The molecule has 0 aromatic carbocycles. The normalized spacial score (nSPS) is 26.4. The van der Waals surface area contributed by atoms with Crippen molar-refractivity contribution in [3.05, 3.63) is 35.5 Å². The van der Waals surface area contributed by atoms with Gasteiger partial charge in [-0.2, -0.15) is 0 Å². The van der Waals surface area contributed by atoms with Crippen molar-refractivity contribution >= 4 is 42.1 Å². The molecule has 5 nitrogen and oxygen atoms in total. The van der Waals surface area contributed by atoms with E-state index < -0.39 is 0 Å². The molecule has 2 aromatic heterocycles. The van der Waals surface area contributed by atoms with Gasteiger partial charge in [-0.05, 0) is 49.7 Å². The number of nitrogens with two attached hydrogens (primary N) is 1. The van der Waals surface area contributed by atoms with Crippen LogP contribution in [0.1, 0.15) is 37.8 Å². The number of hydrogen-bond acceptors (Lipinski definition) is 5. The van der Waals surface area contributed by atoms with E-state index >= 15 is 0 Å². The van der Waals surface area contributed by atoms with Gasteiger partial charge in [0.2, 0.25) is 5.91 Å². The molecule has 2 heterocycles. The highest BCUT2D eigenvalue weighted by molar-refractivity contribution is 7.13. The van der Waals surface area contributed by atoms with Crippen LogP contribution in [0.4, 0.5) is 0 Å². The zero-order valence-corrected chi connectivity index (χ0v) is 17.5. The molecule has 1 amide bonds. The second-order valence-electron chi connectivity index (χ2n) is 7.31. The van der Waals surface area contributed by atoms with E-state index in [1.54, 1.807) is 6.20 Å². The fourth-order valence-electron chi connectivity index (χ4n) is 4.42. The first kappa shape index (κ1) is 22.1. The zero-order valence-electron chi connectivity index (χ0n) is 15.0. The van der Waals surface area contributed by atoms with Crippen LogP contribution in [-0.2, 0) is 11.2 Å². The highest BCUT2D eigenvalue weighted by Gasteiger charge is 2.39. The van der Waals surface area contributed by atoms with Crippen LogP contribution < -0.4 is 11.1 Å². The maximum absolute atomic E-state index is 12.5. The third kappa shape index (κ3) is 5.19. The molecule has 8 heteroatoms. The van der Waals surface area contributed by atoms with Crippen molar-refractivity contribution in [3.8, 4) is 10.7 Å². The molecule has 2 unspecified atom stereocenters. The lowest BCUT2D eigenvalue weighted by Crippen LogP contribution is -2.54. The molecule has 2 aromatic rings. The Hall–Kier alpha value is -1.21. The zero-order chi connectivity index (χ0) is 17.2. The number of hydrogen-bond donors (Lipinski definition) is 2. The SMILES string of the molecule is Cl.Cl.NC1CC2CCCC(C1)C2NC(=O)Cc1csc(-c2ccccn2)n1. The van der Waals surface area contributed by atoms with Gasteiger partial charge in [-0.1, -0.05) is 12.5 Å². The molecule has 2 atom stereocenters. The van der Waals surface area contributed by atoms with Crippen LogP contribution in [0.15, 0.2) is 29.8 Å². The lowest BCUT2D eigenvalue weighted by molar-refractivity contribution is -0.122. The second kappa shape index (κ2) is 9.82. The van der Waals surface area contributed by atoms with E-state index in [9.17, 15) is 4.79 Å². The number of halogens is 2. The minimum atomic E-state index is 0. The Balaban J connectivity index is 0.00000131. The molecule has 0 aliphatic heterocycles. The summed E-state index contributed by atoms with van der Waals surface area (Å²) in [7, 11) is 0. The van der Waals surface area contributed by atoms with Gasteiger partial charge in [0.25, 0.3) is 0 Å². The molecule has 2 bridgehead atoms. The fraction of sp³-hybridized carbons (Fsp3) is 0.526. The summed E-state index contributed by atoms with van der Waals surface area (Å²) in [5.74, 6) is 1.17. The number of pyridine rings is 1. The summed E-state index contributed by atoms with van der Waals surface area (Å²) in [6, 6.07) is 6.38. The summed E-state index contributed by atoms with van der Waals surface area (Å²) in [4.78, 5) is 21.4. The van der Waals surface area contributed by atoms with Gasteiger partial charge in [0.1, 0.15) is 5.01 Å². The first-order chi connectivity index (χ1) is 12.2. The summed E-state index contributed by atoms with van der Waals surface area (Å²) in [6.45, 7) is 0. The van der Waals surface area contributed by atoms with Gasteiger partial charge in [-0.25, -0.2) is 4.98 Å². The van der Waals surface area contributed by atoms with Gasteiger partial charge >= 0.3 is 0 Å². The van der Waals surface area contributed by atoms with Crippen LogP contribution in [0.2, 0.25) is 0 Å². The number of carbonyl (C=O) groups excluding carboxylic acids is 1. The fourth-order valence-corrected chi connectivity index (χ4v) is 5.22. The molecule has 2 fully saturated rings. The van der Waals surface area contributed by atoms with Crippen molar-refractivity contribution in [3.63, 3.8) is 0 Å². The number of fused-ring (bicyclic) bond motifs is 2. The van der Waals surface area contributed by atoms with Gasteiger partial charge in [0.05, 0.1) is 17.8 Å². The summed E-state index contributed by atoms with van der Waals surface area (Å²) < 4.78 is 0. The first-order valence-electron chi connectivity index (χ1n) is 9.10.